The predicted molar refractivity (Wildman–Crippen MR) is 55.2 cm³/mol. The van der Waals surface area contributed by atoms with Crippen LogP contribution in [-0.4, -0.2) is 11.7 Å². The Balaban J connectivity index is 2.88. The average molecular weight is 200 g/mol. The summed E-state index contributed by atoms with van der Waals surface area (Å²) >= 11 is 5.92. The molecule has 2 nitrogen and oxygen atoms in total. The maximum atomic E-state index is 9.54. The van der Waals surface area contributed by atoms with Crippen LogP contribution >= 0.6 is 11.6 Å². The lowest BCUT2D eigenvalue weighted by molar-refractivity contribution is 0.467. The second kappa shape index (κ2) is 4.49. The molecule has 1 aromatic carbocycles. The minimum Gasteiger partial charge on any atom is -0.508 e. The molecule has 0 heterocycles. The SMILES string of the molecule is Cc1cc(O)c(CCCN)cc1Cl. The molecule has 0 aliphatic heterocycles. The Morgan fingerprint density at radius 3 is 2.77 bits per heavy atom. The van der Waals surface area contributed by atoms with Gasteiger partial charge in [0.15, 0.2) is 0 Å². The summed E-state index contributed by atoms with van der Waals surface area (Å²) in [6.45, 7) is 2.50. The molecule has 0 aromatic heterocycles. The van der Waals surface area contributed by atoms with Crippen molar-refractivity contribution < 1.29 is 5.11 Å². The van der Waals surface area contributed by atoms with Gasteiger partial charge in [-0.2, -0.15) is 0 Å². The summed E-state index contributed by atoms with van der Waals surface area (Å²) < 4.78 is 0. The van der Waals surface area contributed by atoms with Crippen molar-refractivity contribution in [2.75, 3.05) is 6.54 Å². The first-order valence-corrected chi connectivity index (χ1v) is 4.71. The molecule has 0 aliphatic carbocycles. The number of benzene rings is 1. The van der Waals surface area contributed by atoms with E-state index in [1.807, 2.05) is 13.0 Å². The third kappa shape index (κ3) is 2.61. The van der Waals surface area contributed by atoms with E-state index in [0.29, 0.717) is 17.3 Å². The van der Waals surface area contributed by atoms with Crippen molar-refractivity contribution >= 4 is 11.6 Å². The molecule has 3 N–H and O–H groups in total. The fraction of sp³-hybridized carbons (Fsp3) is 0.400. The molecule has 0 unspecified atom stereocenters. The van der Waals surface area contributed by atoms with Crippen molar-refractivity contribution in [3.63, 3.8) is 0 Å². The van der Waals surface area contributed by atoms with Crippen molar-refractivity contribution in [1.29, 1.82) is 0 Å². The number of halogens is 1. The minimum atomic E-state index is 0.315. The van der Waals surface area contributed by atoms with Crippen LogP contribution in [-0.2, 0) is 6.42 Å². The van der Waals surface area contributed by atoms with Crippen molar-refractivity contribution in [3.05, 3.63) is 28.3 Å². The number of phenols is 1. The number of hydrogen-bond donors (Lipinski definition) is 2. The zero-order chi connectivity index (χ0) is 9.84. The van der Waals surface area contributed by atoms with E-state index in [0.717, 1.165) is 24.0 Å². The first kappa shape index (κ1) is 10.4. The molecule has 0 amide bonds. The highest BCUT2D eigenvalue weighted by atomic mass is 35.5. The van der Waals surface area contributed by atoms with Gasteiger partial charge in [0.25, 0.3) is 0 Å². The molecule has 0 bridgehead atoms. The highest BCUT2D eigenvalue weighted by molar-refractivity contribution is 6.31. The quantitative estimate of drug-likeness (QED) is 0.785. The number of hydrogen-bond acceptors (Lipinski definition) is 2. The summed E-state index contributed by atoms with van der Waals surface area (Å²) in [6.07, 6.45) is 1.65. The van der Waals surface area contributed by atoms with Crippen LogP contribution in [0.2, 0.25) is 5.02 Å². The molecule has 13 heavy (non-hydrogen) atoms. The normalized spacial score (nSPS) is 10.4. The van der Waals surface area contributed by atoms with Gasteiger partial charge >= 0.3 is 0 Å². The monoisotopic (exact) mass is 199 g/mol. The van der Waals surface area contributed by atoms with E-state index < -0.39 is 0 Å². The van der Waals surface area contributed by atoms with Gasteiger partial charge in [0.2, 0.25) is 0 Å². The first-order chi connectivity index (χ1) is 6.15. The second-order valence-corrected chi connectivity index (χ2v) is 3.53. The van der Waals surface area contributed by atoms with Gasteiger partial charge in [0, 0.05) is 5.02 Å². The summed E-state index contributed by atoms with van der Waals surface area (Å²) in [5.41, 5.74) is 7.15. The van der Waals surface area contributed by atoms with Crippen molar-refractivity contribution in [2.45, 2.75) is 19.8 Å². The molecule has 0 aliphatic rings. The Kier molecular flexibility index (Phi) is 3.58. The Labute approximate surface area is 83.3 Å². The summed E-state index contributed by atoms with van der Waals surface area (Å²) in [4.78, 5) is 0. The second-order valence-electron chi connectivity index (χ2n) is 3.12. The van der Waals surface area contributed by atoms with Gasteiger partial charge in [-0.15, -0.1) is 0 Å². The van der Waals surface area contributed by atoms with Crippen LogP contribution in [0.4, 0.5) is 0 Å². The fourth-order valence-electron chi connectivity index (χ4n) is 1.20. The van der Waals surface area contributed by atoms with Gasteiger partial charge in [0.1, 0.15) is 5.75 Å². The van der Waals surface area contributed by atoms with E-state index in [1.165, 1.54) is 0 Å². The Bertz CT molecular complexity index is 299. The summed E-state index contributed by atoms with van der Waals surface area (Å²) in [5, 5.41) is 10.2. The van der Waals surface area contributed by atoms with E-state index in [-0.39, 0.29) is 0 Å². The lowest BCUT2D eigenvalue weighted by Crippen LogP contribution is -2.00. The third-order valence-corrected chi connectivity index (χ3v) is 2.42. The number of phenolic OH excluding ortho intramolecular Hbond substituents is 1. The topological polar surface area (TPSA) is 46.2 Å². The molecule has 3 heteroatoms. The Hall–Kier alpha value is -0.730. The molecule has 0 spiro atoms. The van der Waals surface area contributed by atoms with Crippen LogP contribution < -0.4 is 5.73 Å². The molecule has 0 saturated carbocycles. The number of aromatic hydroxyl groups is 1. The molecular formula is C10H14ClNO. The maximum Gasteiger partial charge on any atom is 0.119 e. The molecule has 0 fully saturated rings. The Morgan fingerprint density at radius 2 is 2.15 bits per heavy atom. The van der Waals surface area contributed by atoms with Gasteiger partial charge in [-0.05, 0) is 49.6 Å². The minimum absolute atomic E-state index is 0.315. The van der Waals surface area contributed by atoms with Gasteiger partial charge < -0.3 is 10.8 Å². The zero-order valence-electron chi connectivity index (χ0n) is 7.68. The summed E-state index contributed by atoms with van der Waals surface area (Å²) in [6, 6.07) is 3.50. The van der Waals surface area contributed by atoms with Crippen LogP contribution in [0.1, 0.15) is 17.5 Å². The molecule has 1 aromatic rings. The van der Waals surface area contributed by atoms with Gasteiger partial charge in [-0.1, -0.05) is 11.6 Å². The number of nitrogens with two attached hydrogens (primary N) is 1. The van der Waals surface area contributed by atoms with Crippen LogP contribution in [0.25, 0.3) is 0 Å². The van der Waals surface area contributed by atoms with Crippen LogP contribution in [0.15, 0.2) is 12.1 Å². The number of aryl methyl sites for hydroxylation is 2. The Morgan fingerprint density at radius 1 is 1.46 bits per heavy atom. The van der Waals surface area contributed by atoms with E-state index in [1.54, 1.807) is 6.07 Å². The van der Waals surface area contributed by atoms with Crippen molar-refractivity contribution in [2.24, 2.45) is 5.73 Å². The molecule has 0 saturated heterocycles. The maximum absolute atomic E-state index is 9.54. The van der Waals surface area contributed by atoms with Crippen LogP contribution in [0.5, 0.6) is 5.75 Å². The molecule has 0 atom stereocenters. The molecule has 0 radical (unpaired) electrons. The molecule has 72 valence electrons. The zero-order valence-corrected chi connectivity index (χ0v) is 8.43. The fourth-order valence-corrected chi connectivity index (χ4v) is 1.39. The largest absolute Gasteiger partial charge is 0.508 e. The standard InChI is InChI=1S/C10H14ClNO/c1-7-5-10(13)8(3-2-4-12)6-9(7)11/h5-6,13H,2-4,12H2,1H3. The highest BCUT2D eigenvalue weighted by Gasteiger charge is 2.04. The summed E-state index contributed by atoms with van der Waals surface area (Å²) in [7, 11) is 0. The van der Waals surface area contributed by atoms with Gasteiger partial charge in [-0.25, -0.2) is 0 Å². The van der Waals surface area contributed by atoms with E-state index in [4.69, 9.17) is 17.3 Å². The van der Waals surface area contributed by atoms with Gasteiger partial charge in [-0.3, -0.25) is 0 Å². The number of rotatable bonds is 3. The lowest BCUT2D eigenvalue weighted by atomic mass is 10.1. The highest BCUT2D eigenvalue weighted by Crippen LogP contribution is 2.26. The van der Waals surface area contributed by atoms with Gasteiger partial charge in [0.05, 0.1) is 0 Å². The van der Waals surface area contributed by atoms with E-state index in [2.05, 4.69) is 0 Å². The van der Waals surface area contributed by atoms with E-state index >= 15 is 0 Å². The van der Waals surface area contributed by atoms with Crippen LogP contribution in [0.3, 0.4) is 0 Å². The lowest BCUT2D eigenvalue weighted by Gasteiger charge is -2.06. The molecule has 1 rings (SSSR count). The van der Waals surface area contributed by atoms with Crippen molar-refractivity contribution in [1.82, 2.24) is 0 Å². The first-order valence-electron chi connectivity index (χ1n) is 4.33. The summed E-state index contributed by atoms with van der Waals surface area (Å²) in [5.74, 6) is 0.315. The van der Waals surface area contributed by atoms with Crippen LogP contribution in [0, 0.1) is 6.92 Å². The van der Waals surface area contributed by atoms with Crippen molar-refractivity contribution in [3.8, 4) is 5.75 Å². The molecular weight excluding hydrogens is 186 g/mol. The average Bonchev–Trinajstić information content (AvgIpc) is 2.09. The third-order valence-electron chi connectivity index (χ3n) is 2.01. The predicted octanol–water partition coefficient (Wildman–Crippen LogP) is 2.25. The van der Waals surface area contributed by atoms with E-state index in [9.17, 15) is 5.11 Å². The smallest absolute Gasteiger partial charge is 0.119 e.